The second kappa shape index (κ2) is 7.43. The summed E-state index contributed by atoms with van der Waals surface area (Å²) < 4.78 is 51.8. The van der Waals surface area contributed by atoms with Crippen LogP contribution in [-0.2, 0) is 9.47 Å². The number of aliphatic hydroxyl groups is 6. The van der Waals surface area contributed by atoms with Crippen LogP contribution >= 0.6 is 0 Å². The standard InChI is InChI=1S/C18H20F3N3O8/c19-10-4-9(5-11(20)13(10)21)12-6-24(23-22-12)14-17(27,28)15(7-25,8-26)32-16(18(14,29)30)2-1-3-31-16/h4-6,14,25-30H,1-3,7-8H2/t14-,16-/m0/s1. The number of aromatic nitrogens is 3. The van der Waals surface area contributed by atoms with E-state index in [1.165, 1.54) is 0 Å². The molecule has 2 aliphatic rings. The van der Waals surface area contributed by atoms with Crippen molar-refractivity contribution < 1.29 is 53.3 Å². The van der Waals surface area contributed by atoms with E-state index in [2.05, 4.69) is 10.3 Å². The fourth-order valence-corrected chi connectivity index (χ4v) is 4.14. The number of hydrogen-bond donors (Lipinski definition) is 6. The van der Waals surface area contributed by atoms with Crippen molar-refractivity contribution >= 4 is 0 Å². The minimum Gasteiger partial charge on any atom is -0.393 e. The first-order valence-corrected chi connectivity index (χ1v) is 9.47. The van der Waals surface area contributed by atoms with E-state index < -0.39 is 59.7 Å². The summed E-state index contributed by atoms with van der Waals surface area (Å²) in [6, 6.07) is -1.06. The molecule has 0 bridgehead atoms. The predicted molar refractivity (Wildman–Crippen MR) is 94.6 cm³/mol. The summed E-state index contributed by atoms with van der Waals surface area (Å²) in [7, 11) is 0. The van der Waals surface area contributed by atoms with E-state index in [4.69, 9.17) is 9.47 Å². The highest BCUT2D eigenvalue weighted by atomic mass is 19.2. The van der Waals surface area contributed by atoms with E-state index in [1.54, 1.807) is 0 Å². The van der Waals surface area contributed by atoms with Gasteiger partial charge in [0.2, 0.25) is 17.4 Å². The Kier molecular flexibility index (Phi) is 5.34. The Morgan fingerprint density at radius 2 is 1.66 bits per heavy atom. The normalized spacial score (nSPS) is 28.3. The van der Waals surface area contributed by atoms with E-state index >= 15 is 0 Å². The Bertz CT molecular complexity index is 982. The molecule has 11 nitrogen and oxygen atoms in total. The molecule has 2 atom stereocenters. The fourth-order valence-electron chi connectivity index (χ4n) is 4.14. The fraction of sp³-hybridized carbons (Fsp3) is 0.556. The van der Waals surface area contributed by atoms with E-state index in [9.17, 15) is 43.8 Å². The van der Waals surface area contributed by atoms with E-state index in [0.29, 0.717) is 16.8 Å². The van der Waals surface area contributed by atoms with E-state index in [1.807, 2.05) is 0 Å². The molecule has 4 rings (SSSR count). The van der Waals surface area contributed by atoms with Gasteiger partial charge in [-0.05, 0) is 18.6 Å². The molecule has 32 heavy (non-hydrogen) atoms. The molecule has 0 amide bonds. The maximum absolute atomic E-state index is 13.6. The van der Waals surface area contributed by atoms with Crippen LogP contribution in [0.15, 0.2) is 18.3 Å². The molecule has 2 fully saturated rings. The molecular weight excluding hydrogens is 443 g/mol. The molecule has 2 aliphatic heterocycles. The minimum absolute atomic E-state index is 0.0108. The van der Waals surface area contributed by atoms with Gasteiger partial charge in [0, 0.05) is 12.0 Å². The van der Waals surface area contributed by atoms with Crippen molar-refractivity contribution in [2.24, 2.45) is 0 Å². The minimum atomic E-state index is -3.37. The highest BCUT2D eigenvalue weighted by Crippen LogP contribution is 2.55. The average Bonchev–Trinajstić information content (AvgIpc) is 3.39. The van der Waals surface area contributed by atoms with Gasteiger partial charge in [0.05, 0.1) is 26.0 Å². The number of ether oxygens (including phenoxy) is 2. The summed E-state index contributed by atoms with van der Waals surface area (Å²) in [5.41, 5.74) is -3.14. The van der Waals surface area contributed by atoms with Crippen LogP contribution in [0.2, 0.25) is 0 Å². The molecule has 0 saturated carbocycles. The van der Waals surface area contributed by atoms with Crippen LogP contribution < -0.4 is 0 Å². The molecule has 2 saturated heterocycles. The molecule has 0 unspecified atom stereocenters. The number of benzene rings is 1. The van der Waals surface area contributed by atoms with Crippen molar-refractivity contribution in [2.75, 3.05) is 19.8 Å². The zero-order valence-electron chi connectivity index (χ0n) is 16.3. The smallest absolute Gasteiger partial charge is 0.247 e. The van der Waals surface area contributed by atoms with Crippen LogP contribution in [0.1, 0.15) is 18.9 Å². The zero-order valence-corrected chi connectivity index (χ0v) is 16.3. The van der Waals surface area contributed by atoms with Crippen molar-refractivity contribution in [2.45, 2.75) is 41.8 Å². The lowest BCUT2D eigenvalue weighted by atomic mass is 9.76. The lowest BCUT2D eigenvalue weighted by molar-refractivity contribution is -0.507. The summed E-state index contributed by atoms with van der Waals surface area (Å²) in [6.07, 6.45) is 0.986. The Balaban J connectivity index is 1.85. The number of rotatable bonds is 4. The van der Waals surface area contributed by atoms with Crippen LogP contribution in [0.4, 0.5) is 13.2 Å². The molecule has 1 spiro atoms. The summed E-state index contributed by atoms with van der Waals surface area (Å²) in [5, 5.41) is 70.5. The van der Waals surface area contributed by atoms with Gasteiger partial charge in [0.25, 0.3) is 0 Å². The van der Waals surface area contributed by atoms with Crippen molar-refractivity contribution in [1.82, 2.24) is 15.0 Å². The van der Waals surface area contributed by atoms with Crippen molar-refractivity contribution in [3.8, 4) is 11.3 Å². The first-order chi connectivity index (χ1) is 14.9. The summed E-state index contributed by atoms with van der Waals surface area (Å²) in [5.74, 6) is -13.6. The van der Waals surface area contributed by atoms with Gasteiger partial charge in [0.15, 0.2) is 29.1 Å². The molecule has 6 N–H and O–H groups in total. The largest absolute Gasteiger partial charge is 0.393 e. The Hall–Kier alpha value is -2.17. The van der Waals surface area contributed by atoms with E-state index in [0.717, 1.165) is 6.20 Å². The molecule has 1 aromatic carbocycles. The molecule has 0 aliphatic carbocycles. The van der Waals surface area contributed by atoms with Crippen LogP contribution in [0, 0.1) is 17.5 Å². The van der Waals surface area contributed by atoms with Gasteiger partial charge < -0.3 is 40.1 Å². The summed E-state index contributed by atoms with van der Waals surface area (Å²) >= 11 is 0. The van der Waals surface area contributed by atoms with Crippen LogP contribution in [0.3, 0.4) is 0 Å². The van der Waals surface area contributed by atoms with Gasteiger partial charge in [-0.15, -0.1) is 5.10 Å². The highest BCUT2D eigenvalue weighted by molar-refractivity contribution is 5.58. The number of aliphatic hydroxyl groups excluding tert-OH is 2. The maximum Gasteiger partial charge on any atom is 0.247 e. The van der Waals surface area contributed by atoms with E-state index in [-0.39, 0.29) is 30.7 Å². The van der Waals surface area contributed by atoms with Crippen LogP contribution in [-0.4, -0.2) is 88.4 Å². The SMILES string of the molecule is OCC1(CO)O[C@@]2(CCCO2)C(O)(O)[C@@H](n2cc(-c3cc(F)c(F)c(F)c3)nn2)C1(O)O. The topological polar surface area (TPSA) is 171 Å². The Morgan fingerprint density at radius 1 is 1.03 bits per heavy atom. The van der Waals surface area contributed by atoms with Gasteiger partial charge in [-0.1, -0.05) is 5.21 Å². The third-order valence-electron chi connectivity index (χ3n) is 5.90. The molecular formula is C18H20F3N3O8. The Morgan fingerprint density at radius 3 is 2.19 bits per heavy atom. The Labute approximate surface area is 177 Å². The van der Waals surface area contributed by atoms with Gasteiger partial charge >= 0.3 is 0 Å². The zero-order chi connectivity index (χ0) is 23.5. The molecule has 2 aromatic rings. The van der Waals surface area contributed by atoms with Gasteiger partial charge in [-0.3, -0.25) is 0 Å². The quantitative estimate of drug-likeness (QED) is 0.232. The first-order valence-electron chi connectivity index (χ1n) is 9.47. The van der Waals surface area contributed by atoms with Crippen molar-refractivity contribution in [1.29, 1.82) is 0 Å². The second-order valence-electron chi connectivity index (χ2n) is 7.81. The monoisotopic (exact) mass is 463 g/mol. The van der Waals surface area contributed by atoms with Crippen LogP contribution in [0.25, 0.3) is 11.3 Å². The maximum atomic E-state index is 13.6. The van der Waals surface area contributed by atoms with Gasteiger partial charge in [0.1, 0.15) is 5.69 Å². The third-order valence-corrected chi connectivity index (χ3v) is 5.90. The average molecular weight is 463 g/mol. The van der Waals surface area contributed by atoms with Crippen molar-refractivity contribution in [3.63, 3.8) is 0 Å². The van der Waals surface area contributed by atoms with Gasteiger partial charge in [-0.25, -0.2) is 17.9 Å². The molecule has 0 radical (unpaired) electrons. The lowest BCUT2D eigenvalue weighted by Crippen LogP contribution is -2.80. The van der Waals surface area contributed by atoms with Crippen molar-refractivity contribution in [3.05, 3.63) is 35.8 Å². The third kappa shape index (κ3) is 2.99. The van der Waals surface area contributed by atoms with Crippen LogP contribution in [0.5, 0.6) is 0 Å². The number of nitrogens with zero attached hydrogens (tertiary/aromatic N) is 3. The summed E-state index contributed by atoms with van der Waals surface area (Å²) in [4.78, 5) is 0. The second-order valence-corrected chi connectivity index (χ2v) is 7.81. The highest BCUT2D eigenvalue weighted by Gasteiger charge is 2.76. The van der Waals surface area contributed by atoms with Gasteiger partial charge in [-0.2, -0.15) is 0 Å². The predicted octanol–water partition coefficient (Wildman–Crippen LogP) is -1.47. The lowest BCUT2D eigenvalue weighted by Gasteiger charge is -2.59. The summed E-state index contributed by atoms with van der Waals surface area (Å²) in [6.45, 7) is -2.36. The molecule has 14 heteroatoms. The number of halogens is 3. The molecule has 1 aromatic heterocycles. The number of hydrogen-bond acceptors (Lipinski definition) is 10. The molecule has 3 heterocycles. The first kappa shape index (κ1) is 23.0. The molecule has 176 valence electrons.